The van der Waals surface area contributed by atoms with Crippen LogP contribution in [0.25, 0.3) is 11.0 Å². The van der Waals surface area contributed by atoms with E-state index in [1.807, 2.05) is 68.1 Å². The van der Waals surface area contributed by atoms with Crippen LogP contribution in [0.5, 0.6) is 0 Å². The summed E-state index contributed by atoms with van der Waals surface area (Å²) < 4.78 is 5.83. The van der Waals surface area contributed by atoms with E-state index < -0.39 is 0 Å². The van der Waals surface area contributed by atoms with Crippen molar-refractivity contribution in [2.45, 2.75) is 20.8 Å². The normalized spacial score (nSPS) is 14.8. The number of hydrogen-bond acceptors (Lipinski definition) is 3. The maximum absolute atomic E-state index is 13.0. The molecule has 1 aliphatic rings. The highest BCUT2D eigenvalue weighted by atomic mass is 16.3. The number of aryl methyl sites for hydroxylation is 2. The Hall–Kier alpha value is -3.12. The van der Waals surface area contributed by atoms with Gasteiger partial charge in [-0.15, -0.1) is 0 Å². The van der Waals surface area contributed by atoms with Crippen LogP contribution in [0.2, 0.25) is 0 Å². The number of nitrogens with one attached hydrogen (secondary N) is 2. The second kappa shape index (κ2) is 8.32. The van der Waals surface area contributed by atoms with Crippen LogP contribution in [0.1, 0.15) is 27.2 Å². The number of piperazine rings is 1. The molecule has 0 unspecified atom stereocenters. The molecule has 1 saturated heterocycles. The molecule has 0 saturated carbocycles. The zero-order valence-electron chi connectivity index (χ0n) is 17.7. The van der Waals surface area contributed by atoms with Crippen LogP contribution in [-0.4, -0.2) is 49.4 Å². The predicted octanol–water partition coefficient (Wildman–Crippen LogP) is 2.34. The smallest absolute Gasteiger partial charge is 0.290 e. The van der Waals surface area contributed by atoms with Gasteiger partial charge in [0.25, 0.3) is 11.8 Å². The molecule has 0 atom stereocenters. The Balaban J connectivity index is 1.34. The first kappa shape index (κ1) is 20.2. The summed E-state index contributed by atoms with van der Waals surface area (Å²) in [6.07, 6.45) is 0. The number of nitrogens with zero attached hydrogens (tertiary/aromatic N) is 1. The van der Waals surface area contributed by atoms with Gasteiger partial charge in [0.05, 0.1) is 26.2 Å². The number of carbonyl (C=O) groups excluding carboxylic acids is 2. The highest BCUT2D eigenvalue weighted by Crippen LogP contribution is 2.26. The molecule has 0 radical (unpaired) electrons. The lowest BCUT2D eigenvalue weighted by molar-refractivity contribution is -0.895. The molecular weight excluding hydrogens is 378 g/mol. The predicted molar refractivity (Wildman–Crippen MR) is 117 cm³/mol. The van der Waals surface area contributed by atoms with E-state index in [1.54, 1.807) is 0 Å². The van der Waals surface area contributed by atoms with Crippen LogP contribution in [0, 0.1) is 20.8 Å². The van der Waals surface area contributed by atoms with Crippen molar-refractivity contribution in [1.29, 1.82) is 0 Å². The monoisotopic (exact) mass is 406 g/mol. The van der Waals surface area contributed by atoms with Crippen molar-refractivity contribution in [3.05, 3.63) is 64.9 Å². The number of quaternary nitrogens is 1. The Labute approximate surface area is 176 Å². The highest BCUT2D eigenvalue weighted by Gasteiger charge is 2.29. The molecule has 6 heteroatoms. The number of benzene rings is 2. The second-order valence-corrected chi connectivity index (χ2v) is 8.07. The summed E-state index contributed by atoms with van der Waals surface area (Å²) in [6, 6.07) is 13.6. The topological polar surface area (TPSA) is 67.0 Å². The Bertz CT molecular complexity index is 1090. The Morgan fingerprint density at radius 1 is 1.00 bits per heavy atom. The van der Waals surface area contributed by atoms with Gasteiger partial charge >= 0.3 is 0 Å². The molecule has 156 valence electrons. The van der Waals surface area contributed by atoms with Crippen molar-refractivity contribution in [2.24, 2.45) is 0 Å². The van der Waals surface area contributed by atoms with E-state index in [4.69, 9.17) is 4.42 Å². The van der Waals surface area contributed by atoms with E-state index in [1.165, 1.54) is 4.90 Å². The first-order valence-corrected chi connectivity index (χ1v) is 10.4. The maximum atomic E-state index is 13.0. The minimum Gasteiger partial charge on any atom is -0.451 e. The zero-order valence-corrected chi connectivity index (χ0v) is 17.7. The van der Waals surface area contributed by atoms with Crippen LogP contribution in [-0.2, 0) is 4.79 Å². The number of amides is 2. The third-order valence-corrected chi connectivity index (χ3v) is 6.08. The lowest BCUT2D eigenvalue weighted by Crippen LogP contribution is -3.15. The highest BCUT2D eigenvalue weighted by molar-refractivity contribution is 5.99. The molecule has 4 rings (SSSR count). The molecule has 1 aliphatic heterocycles. The molecule has 2 amide bonds. The van der Waals surface area contributed by atoms with E-state index in [-0.39, 0.29) is 11.8 Å². The van der Waals surface area contributed by atoms with E-state index in [0.29, 0.717) is 25.4 Å². The summed E-state index contributed by atoms with van der Waals surface area (Å²) in [5.74, 6) is 0.363. The van der Waals surface area contributed by atoms with Gasteiger partial charge in [-0.05, 0) is 44.0 Å². The quantitative estimate of drug-likeness (QED) is 0.699. The fourth-order valence-electron chi connectivity index (χ4n) is 4.03. The van der Waals surface area contributed by atoms with Crippen LogP contribution in [0.15, 0.2) is 46.9 Å². The Morgan fingerprint density at radius 3 is 2.47 bits per heavy atom. The van der Waals surface area contributed by atoms with Gasteiger partial charge < -0.3 is 19.5 Å². The number of anilines is 1. The van der Waals surface area contributed by atoms with Crippen LogP contribution in [0.3, 0.4) is 0 Å². The summed E-state index contributed by atoms with van der Waals surface area (Å²) >= 11 is 0. The number of fused-ring (bicyclic) bond motifs is 1. The standard InChI is InChI=1S/C24H27N3O3/c1-16-7-6-9-20(17(16)2)25-22(28)15-26-11-13-27(14-12-26)24(29)23-18(3)19-8-4-5-10-21(19)30-23/h4-10H,11-15H2,1-3H3,(H,25,28)/p+1. The van der Waals surface area contributed by atoms with E-state index in [9.17, 15) is 9.59 Å². The molecule has 0 spiro atoms. The Kier molecular flexibility index (Phi) is 5.59. The maximum Gasteiger partial charge on any atom is 0.290 e. The fourth-order valence-corrected chi connectivity index (χ4v) is 4.03. The number of rotatable bonds is 4. The molecule has 3 aromatic rings. The summed E-state index contributed by atoms with van der Waals surface area (Å²) in [4.78, 5) is 28.5. The van der Waals surface area contributed by atoms with Crippen LogP contribution < -0.4 is 10.2 Å². The van der Waals surface area contributed by atoms with E-state index in [0.717, 1.165) is 46.4 Å². The van der Waals surface area contributed by atoms with Gasteiger partial charge in [0.1, 0.15) is 5.58 Å². The minimum atomic E-state index is -0.0670. The average molecular weight is 407 g/mol. The third kappa shape index (κ3) is 3.96. The molecule has 1 aromatic heterocycles. The minimum absolute atomic E-state index is 0.00612. The summed E-state index contributed by atoms with van der Waals surface area (Å²) in [7, 11) is 0. The van der Waals surface area contributed by atoms with E-state index in [2.05, 4.69) is 5.32 Å². The molecular formula is C24H28N3O3+. The van der Waals surface area contributed by atoms with Crippen LogP contribution in [0.4, 0.5) is 5.69 Å². The molecule has 0 bridgehead atoms. The molecule has 0 aliphatic carbocycles. The van der Waals surface area contributed by atoms with Gasteiger partial charge in [-0.25, -0.2) is 0 Å². The van der Waals surface area contributed by atoms with Gasteiger partial charge in [-0.3, -0.25) is 9.59 Å². The molecule has 2 aromatic carbocycles. The largest absolute Gasteiger partial charge is 0.451 e. The van der Waals surface area contributed by atoms with Crippen molar-refractivity contribution >= 4 is 28.5 Å². The molecule has 30 heavy (non-hydrogen) atoms. The SMILES string of the molecule is Cc1cccc(NC(=O)C[NH+]2CCN(C(=O)c3oc4ccccc4c3C)CC2)c1C. The lowest BCUT2D eigenvalue weighted by atomic mass is 10.1. The van der Waals surface area contributed by atoms with Gasteiger partial charge in [-0.1, -0.05) is 30.3 Å². The number of furan rings is 1. The van der Waals surface area contributed by atoms with Crippen molar-refractivity contribution in [1.82, 2.24) is 4.90 Å². The van der Waals surface area contributed by atoms with Crippen molar-refractivity contribution in [3.8, 4) is 0 Å². The fraction of sp³-hybridized carbons (Fsp3) is 0.333. The molecule has 2 heterocycles. The van der Waals surface area contributed by atoms with Gasteiger partial charge in [0.15, 0.2) is 12.3 Å². The van der Waals surface area contributed by atoms with Crippen molar-refractivity contribution in [2.75, 3.05) is 38.0 Å². The van der Waals surface area contributed by atoms with Gasteiger partial charge in [0, 0.05) is 16.6 Å². The summed E-state index contributed by atoms with van der Waals surface area (Å²) in [5, 5.41) is 4.01. The molecule has 6 nitrogen and oxygen atoms in total. The summed E-state index contributed by atoms with van der Waals surface area (Å²) in [6.45, 7) is 9.09. The summed E-state index contributed by atoms with van der Waals surface area (Å²) in [5.41, 5.74) is 4.75. The lowest BCUT2D eigenvalue weighted by Gasteiger charge is -2.31. The first-order chi connectivity index (χ1) is 14.4. The van der Waals surface area contributed by atoms with Crippen molar-refractivity contribution in [3.63, 3.8) is 0 Å². The number of carbonyl (C=O) groups is 2. The third-order valence-electron chi connectivity index (χ3n) is 6.08. The first-order valence-electron chi connectivity index (χ1n) is 10.4. The number of para-hydroxylation sites is 1. The second-order valence-electron chi connectivity index (χ2n) is 8.07. The van der Waals surface area contributed by atoms with E-state index >= 15 is 0 Å². The average Bonchev–Trinajstić information content (AvgIpc) is 3.08. The van der Waals surface area contributed by atoms with Gasteiger partial charge in [0.2, 0.25) is 0 Å². The zero-order chi connectivity index (χ0) is 21.3. The van der Waals surface area contributed by atoms with Crippen molar-refractivity contribution < 1.29 is 18.9 Å². The van der Waals surface area contributed by atoms with Gasteiger partial charge in [-0.2, -0.15) is 0 Å². The molecule has 1 fully saturated rings. The molecule has 2 N–H and O–H groups in total. The number of hydrogen-bond donors (Lipinski definition) is 2. The van der Waals surface area contributed by atoms with Crippen LogP contribution >= 0.6 is 0 Å². The Morgan fingerprint density at radius 2 is 1.73 bits per heavy atom.